The molecular weight excluding hydrogens is 537 g/mol. The number of carbonyl (C=O) groups is 1. The average molecular weight is 568 g/mol. The van der Waals surface area contributed by atoms with Gasteiger partial charge in [-0.15, -0.1) is 0 Å². The van der Waals surface area contributed by atoms with Gasteiger partial charge >= 0.3 is 5.97 Å². The first kappa shape index (κ1) is 28.1. The molecule has 7 N–H and O–H groups in total. The van der Waals surface area contributed by atoms with Gasteiger partial charge in [-0.1, -0.05) is 11.6 Å². The monoisotopic (exact) mass is 567 g/mol. The minimum atomic E-state index is -1.64. The summed E-state index contributed by atoms with van der Waals surface area (Å²) in [6.45, 7) is 1.69. The number of hydrogen-bond donors (Lipinski definition) is 5. The molecule has 0 saturated carbocycles. The van der Waals surface area contributed by atoms with Crippen molar-refractivity contribution >= 4 is 23.3 Å². The van der Waals surface area contributed by atoms with E-state index in [2.05, 4.69) is 20.4 Å². The molecule has 3 aliphatic heterocycles. The highest BCUT2D eigenvalue weighted by atomic mass is 19.1. The summed E-state index contributed by atoms with van der Waals surface area (Å²) in [5.41, 5.74) is 18.5. The summed E-state index contributed by atoms with van der Waals surface area (Å²) < 4.78 is 24.7. The number of cyclic esters (lactones) is 1. The second-order valence-electron chi connectivity index (χ2n) is 9.78. The first-order valence-corrected chi connectivity index (χ1v) is 12.9. The lowest BCUT2D eigenvalue weighted by Gasteiger charge is -2.29. The topological polar surface area (TPSA) is 200 Å². The predicted octanol–water partition coefficient (Wildman–Crippen LogP) is 1.24. The minimum absolute atomic E-state index is 0.0931. The van der Waals surface area contributed by atoms with Gasteiger partial charge in [0.25, 0.3) is 5.88 Å². The number of aliphatic hydroxyl groups excluding tert-OH is 2. The molecule has 13 nitrogen and oxygen atoms in total. The third-order valence-electron chi connectivity index (χ3n) is 7.00. The van der Waals surface area contributed by atoms with E-state index in [1.165, 1.54) is 25.4 Å². The fraction of sp³-hybridized carbons (Fsp3) is 0.370. The number of benzene rings is 1. The number of hydrogen-bond acceptors (Lipinski definition) is 13. The zero-order chi connectivity index (χ0) is 29.3. The molecule has 3 aliphatic rings. The number of amidine groups is 1. The van der Waals surface area contributed by atoms with Crippen LogP contribution in [0, 0.1) is 5.82 Å². The number of rotatable bonds is 6. The number of esters is 1. The maximum atomic E-state index is 14.5. The zero-order valence-corrected chi connectivity index (χ0v) is 22.4. The van der Waals surface area contributed by atoms with Gasteiger partial charge in [0, 0.05) is 17.6 Å². The van der Waals surface area contributed by atoms with Gasteiger partial charge in [-0.25, -0.2) is 29.6 Å². The van der Waals surface area contributed by atoms with Crippen LogP contribution in [0.5, 0.6) is 5.88 Å². The summed E-state index contributed by atoms with van der Waals surface area (Å²) in [5, 5.41) is 19.7. The van der Waals surface area contributed by atoms with Gasteiger partial charge in [-0.05, 0) is 43.5 Å². The summed E-state index contributed by atoms with van der Waals surface area (Å²) in [7, 11) is 1.41. The largest absolute Gasteiger partial charge is 0.478 e. The Balaban J connectivity index is 1.54. The number of fused-ring (bicyclic) bond motifs is 1. The van der Waals surface area contributed by atoms with Crippen LogP contribution in [0.3, 0.4) is 0 Å². The molecule has 1 aromatic heterocycles. The van der Waals surface area contributed by atoms with Crippen molar-refractivity contribution in [3.8, 4) is 17.1 Å². The number of hydroxylamine groups is 1. The van der Waals surface area contributed by atoms with Crippen molar-refractivity contribution in [3.05, 3.63) is 58.8 Å². The zero-order valence-electron chi connectivity index (χ0n) is 22.4. The number of methoxy groups -OCH3 is 1. The molecule has 41 heavy (non-hydrogen) atoms. The fourth-order valence-electron chi connectivity index (χ4n) is 4.92. The Bertz CT molecular complexity index is 1490. The van der Waals surface area contributed by atoms with E-state index < -0.39 is 36.1 Å². The summed E-state index contributed by atoms with van der Waals surface area (Å²) in [5.74, 6) is -0.541. The first-order valence-electron chi connectivity index (χ1n) is 12.9. The van der Waals surface area contributed by atoms with Crippen LogP contribution in [-0.4, -0.2) is 69.7 Å². The molecule has 0 spiro atoms. The molecule has 4 atom stereocenters. The average Bonchev–Trinajstić information content (AvgIpc) is 3.18. The number of nitrogens with zero attached hydrogens (tertiary/aromatic N) is 4. The van der Waals surface area contributed by atoms with Crippen LogP contribution >= 0.6 is 0 Å². The summed E-state index contributed by atoms with van der Waals surface area (Å²) in [6, 6.07) is 3.69. The Labute approximate surface area is 234 Å². The van der Waals surface area contributed by atoms with Crippen LogP contribution in [0.4, 0.5) is 10.2 Å². The number of ether oxygens (including phenoxy) is 2. The summed E-state index contributed by atoms with van der Waals surface area (Å²) in [6.07, 6.45) is 0.814. The van der Waals surface area contributed by atoms with Gasteiger partial charge in [0.05, 0.1) is 30.8 Å². The molecule has 1 fully saturated rings. The molecule has 216 valence electrons. The van der Waals surface area contributed by atoms with Crippen LogP contribution in [-0.2, 0) is 14.4 Å². The van der Waals surface area contributed by atoms with E-state index in [4.69, 9.17) is 30.8 Å². The van der Waals surface area contributed by atoms with E-state index in [0.717, 1.165) is 5.57 Å². The molecule has 3 unspecified atom stereocenters. The van der Waals surface area contributed by atoms with Gasteiger partial charge in [-0.2, -0.15) is 0 Å². The molecule has 14 heteroatoms. The Morgan fingerprint density at radius 2 is 2.07 bits per heavy atom. The van der Waals surface area contributed by atoms with Crippen LogP contribution in [0.15, 0.2) is 57.4 Å². The number of aliphatic hydroxyl groups is 2. The van der Waals surface area contributed by atoms with Crippen molar-refractivity contribution in [2.24, 2.45) is 15.7 Å². The lowest BCUT2D eigenvalue weighted by molar-refractivity contribution is -0.149. The minimum Gasteiger partial charge on any atom is -0.478 e. The molecular formula is C27H30FN7O6. The standard InChI is InChI=1S/C27H30FN7O6/c1-12-4-3-5-20(29)32-17-9-16(33-25(21(12)17)35-40-11-19-22(36)23(37)27(38)41-19)14-7-6-13(28)8-15(14)18-10-31-24(30)26(34-18)39-2/h5-8,10,16,19,22-23,36-37H,3-4,9,11,29H2,1-2H3,(H2,30,31)(H,33,35)/b20-5-,21-12+,32-17-/t16-,19?,22?,23?/m1/s1. The lowest BCUT2D eigenvalue weighted by Crippen LogP contribution is -2.39. The van der Waals surface area contributed by atoms with Crippen LogP contribution in [0.2, 0.25) is 0 Å². The molecule has 5 rings (SSSR count). The van der Waals surface area contributed by atoms with Crippen molar-refractivity contribution in [1.82, 2.24) is 15.4 Å². The van der Waals surface area contributed by atoms with E-state index >= 15 is 0 Å². The van der Waals surface area contributed by atoms with E-state index in [-0.39, 0.29) is 18.3 Å². The third-order valence-corrected chi connectivity index (χ3v) is 7.00. The number of carbonyl (C=O) groups excluding carboxylic acids is 1. The van der Waals surface area contributed by atoms with Gasteiger partial charge in [-0.3, -0.25) is 9.83 Å². The molecule has 0 radical (unpaired) electrons. The highest BCUT2D eigenvalue weighted by Crippen LogP contribution is 2.37. The first-order chi connectivity index (χ1) is 19.7. The van der Waals surface area contributed by atoms with E-state index in [0.29, 0.717) is 59.0 Å². The van der Waals surface area contributed by atoms with E-state index in [1.54, 1.807) is 6.07 Å². The number of allylic oxidation sites excluding steroid dienone is 2. The predicted molar refractivity (Wildman–Crippen MR) is 146 cm³/mol. The summed E-state index contributed by atoms with van der Waals surface area (Å²) >= 11 is 0. The Hall–Kier alpha value is -4.40. The van der Waals surface area contributed by atoms with E-state index in [9.17, 15) is 19.4 Å². The smallest absolute Gasteiger partial charge is 0.338 e. The number of nitrogens with two attached hydrogens (primary N) is 2. The molecule has 0 aliphatic carbocycles. The molecule has 4 heterocycles. The normalized spacial score (nSPS) is 28.7. The van der Waals surface area contributed by atoms with Crippen molar-refractivity contribution in [2.45, 2.75) is 50.5 Å². The fourth-order valence-corrected chi connectivity index (χ4v) is 4.92. The third kappa shape index (κ3) is 5.75. The maximum Gasteiger partial charge on any atom is 0.338 e. The van der Waals surface area contributed by atoms with Crippen molar-refractivity contribution < 1.29 is 33.7 Å². The number of nitrogens with one attached hydrogen (secondary N) is 1. The van der Waals surface area contributed by atoms with Gasteiger partial charge in [0.2, 0.25) is 0 Å². The van der Waals surface area contributed by atoms with Crippen molar-refractivity contribution in [1.29, 1.82) is 0 Å². The molecule has 2 aromatic rings. The number of nitrogen functional groups attached to an aromatic ring is 1. The van der Waals surface area contributed by atoms with Crippen LogP contribution in [0.25, 0.3) is 11.3 Å². The Morgan fingerprint density at radius 3 is 2.80 bits per heavy atom. The quantitative estimate of drug-likeness (QED) is 0.248. The highest BCUT2D eigenvalue weighted by molar-refractivity contribution is 6.25. The van der Waals surface area contributed by atoms with Gasteiger partial charge in [0.1, 0.15) is 24.3 Å². The Morgan fingerprint density at radius 1 is 1.27 bits per heavy atom. The van der Waals surface area contributed by atoms with Gasteiger partial charge < -0.3 is 31.2 Å². The molecule has 1 saturated heterocycles. The second kappa shape index (κ2) is 11.6. The number of halogens is 1. The Kier molecular flexibility index (Phi) is 7.97. The molecule has 0 amide bonds. The summed E-state index contributed by atoms with van der Waals surface area (Å²) in [4.78, 5) is 35.3. The van der Waals surface area contributed by atoms with Crippen LogP contribution in [0.1, 0.15) is 37.8 Å². The van der Waals surface area contributed by atoms with E-state index in [1.807, 2.05) is 13.0 Å². The van der Waals surface area contributed by atoms with Crippen molar-refractivity contribution in [3.63, 3.8) is 0 Å². The maximum absolute atomic E-state index is 14.5. The second-order valence-corrected chi connectivity index (χ2v) is 9.78. The molecule has 0 bridgehead atoms. The van der Waals surface area contributed by atoms with Crippen molar-refractivity contribution in [2.75, 3.05) is 19.5 Å². The lowest BCUT2D eigenvalue weighted by atomic mass is 9.87. The molecule has 1 aromatic carbocycles. The van der Waals surface area contributed by atoms with Crippen LogP contribution < -0.4 is 21.7 Å². The number of aliphatic imine (C=N–C) groups is 2. The number of anilines is 1. The SMILES string of the molecule is COc1nc(-c2cc(F)ccc2[C@H]2CC3=N/C(N)=C\CC/C(C)=C\3C(NOCC3OC(=O)C(O)C3O)=N2)cnc1N. The van der Waals surface area contributed by atoms with Gasteiger partial charge in [0.15, 0.2) is 23.9 Å². The highest BCUT2D eigenvalue weighted by Gasteiger charge is 2.43. The number of aromatic nitrogens is 2.